The number of hydrogen-bond acceptors (Lipinski definition) is 6. The van der Waals surface area contributed by atoms with Crippen molar-refractivity contribution in [2.24, 2.45) is 0 Å². The fourth-order valence-corrected chi connectivity index (χ4v) is 4.00. The Kier molecular flexibility index (Phi) is 8.30. The minimum absolute atomic E-state index is 0.0927. The smallest absolute Gasteiger partial charge is 0.335 e. The Morgan fingerprint density at radius 2 is 2.12 bits per heavy atom. The number of nitrogens with zero attached hydrogens (tertiary/aromatic N) is 2. The van der Waals surface area contributed by atoms with Gasteiger partial charge in [-0.25, -0.2) is 9.78 Å². The molecule has 34 heavy (non-hydrogen) atoms. The molecule has 2 aromatic rings. The molecular weight excluding hydrogens is 464 g/mol. The predicted molar refractivity (Wildman–Crippen MR) is 125 cm³/mol. The molecule has 2 amide bonds. The number of rotatable bonds is 8. The van der Waals surface area contributed by atoms with Crippen molar-refractivity contribution < 1.29 is 29.0 Å². The fraction of sp³-hybridized carbons (Fsp3) is 0.391. The van der Waals surface area contributed by atoms with Crippen LogP contribution in [-0.4, -0.2) is 77.2 Å². The van der Waals surface area contributed by atoms with E-state index in [0.29, 0.717) is 42.9 Å². The van der Waals surface area contributed by atoms with Gasteiger partial charge in [-0.05, 0) is 31.1 Å². The van der Waals surface area contributed by atoms with Crippen molar-refractivity contribution in [2.45, 2.75) is 31.9 Å². The normalized spacial score (nSPS) is 18.2. The number of carboxylic acid groups (broad SMARTS) is 1. The Hall–Kier alpha value is -3.37. The Bertz CT molecular complexity index is 1100. The summed E-state index contributed by atoms with van der Waals surface area (Å²) in [5.74, 6) is -1.19. The average molecular weight is 491 g/mol. The second-order valence-corrected chi connectivity index (χ2v) is 8.09. The van der Waals surface area contributed by atoms with Crippen LogP contribution in [0.5, 0.6) is 5.75 Å². The van der Waals surface area contributed by atoms with E-state index in [1.54, 1.807) is 17.0 Å². The van der Waals surface area contributed by atoms with Gasteiger partial charge in [0, 0.05) is 31.8 Å². The standard InChI is InChI=1S/C23H27ClN4O6/c1-4-15-20(24)27-21(25-15)22(30)26-16-9-10-28(12-18(16)34-3)19(29)8-7-13-5-6-14(23(31)32)11-17(13)33-2/h5-8,11,16,18H,4,9-10,12H2,1-3H3,(H,25,27)(H,26,30)(H,31,32)/t16-,18+/m1/s1. The lowest BCUT2D eigenvalue weighted by molar-refractivity contribution is -0.130. The number of aromatic amines is 1. The third-order valence-electron chi connectivity index (χ3n) is 5.67. The number of H-pyrrole nitrogens is 1. The molecule has 2 atom stereocenters. The molecule has 1 fully saturated rings. The van der Waals surface area contributed by atoms with E-state index >= 15 is 0 Å². The summed E-state index contributed by atoms with van der Waals surface area (Å²) in [5.41, 5.74) is 1.36. The van der Waals surface area contributed by atoms with E-state index in [2.05, 4.69) is 15.3 Å². The number of imidazole rings is 1. The molecule has 3 rings (SSSR count). The number of likely N-dealkylation sites (tertiary alicyclic amines) is 1. The molecule has 0 bridgehead atoms. The quantitative estimate of drug-likeness (QED) is 0.484. The summed E-state index contributed by atoms with van der Waals surface area (Å²) in [5, 5.41) is 12.3. The van der Waals surface area contributed by atoms with Crippen molar-refractivity contribution in [2.75, 3.05) is 27.3 Å². The first-order chi connectivity index (χ1) is 16.3. The number of aryl methyl sites for hydroxylation is 1. The van der Waals surface area contributed by atoms with E-state index in [9.17, 15) is 14.4 Å². The lowest BCUT2D eigenvalue weighted by Crippen LogP contribution is -2.55. The van der Waals surface area contributed by atoms with Gasteiger partial charge in [-0.2, -0.15) is 0 Å². The molecule has 0 saturated carbocycles. The Morgan fingerprint density at radius 3 is 2.74 bits per heavy atom. The largest absolute Gasteiger partial charge is 0.496 e. The lowest BCUT2D eigenvalue weighted by atomic mass is 10.0. The minimum Gasteiger partial charge on any atom is -0.496 e. The SMILES string of the molecule is CCc1[nH]c(C(=O)N[C@@H]2CCN(C(=O)C=Cc3ccc(C(=O)O)cc3OC)C[C@@H]2OC)nc1Cl. The lowest BCUT2D eigenvalue weighted by Gasteiger charge is -2.37. The van der Waals surface area contributed by atoms with Gasteiger partial charge in [0.1, 0.15) is 5.75 Å². The van der Waals surface area contributed by atoms with E-state index in [0.717, 1.165) is 0 Å². The Balaban J connectivity index is 1.63. The van der Waals surface area contributed by atoms with Gasteiger partial charge in [0.25, 0.3) is 5.91 Å². The molecule has 2 heterocycles. The summed E-state index contributed by atoms with van der Waals surface area (Å²) in [4.78, 5) is 45.1. The van der Waals surface area contributed by atoms with Crippen LogP contribution in [0.1, 0.15) is 45.6 Å². The summed E-state index contributed by atoms with van der Waals surface area (Å²) < 4.78 is 10.8. The zero-order valence-electron chi connectivity index (χ0n) is 19.1. The van der Waals surface area contributed by atoms with Crippen LogP contribution in [0.3, 0.4) is 0 Å². The molecule has 3 N–H and O–H groups in total. The maximum Gasteiger partial charge on any atom is 0.335 e. The number of amides is 2. The van der Waals surface area contributed by atoms with E-state index in [1.165, 1.54) is 32.4 Å². The number of aromatic nitrogens is 2. The fourth-order valence-electron chi connectivity index (χ4n) is 3.74. The highest BCUT2D eigenvalue weighted by Gasteiger charge is 2.32. The highest BCUT2D eigenvalue weighted by atomic mass is 35.5. The van der Waals surface area contributed by atoms with Gasteiger partial charge in [0.05, 0.1) is 30.5 Å². The second kappa shape index (κ2) is 11.2. The van der Waals surface area contributed by atoms with Crippen LogP contribution in [-0.2, 0) is 16.0 Å². The number of nitrogens with one attached hydrogen (secondary N) is 2. The predicted octanol–water partition coefficient (Wildman–Crippen LogP) is 2.39. The van der Waals surface area contributed by atoms with Crippen LogP contribution >= 0.6 is 11.6 Å². The highest BCUT2D eigenvalue weighted by Crippen LogP contribution is 2.22. The van der Waals surface area contributed by atoms with Gasteiger partial charge in [0.2, 0.25) is 5.91 Å². The molecule has 182 valence electrons. The van der Waals surface area contributed by atoms with Crippen LogP contribution in [0.2, 0.25) is 5.15 Å². The molecule has 1 saturated heterocycles. The first-order valence-corrected chi connectivity index (χ1v) is 11.1. The number of hydrogen-bond donors (Lipinski definition) is 3. The summed E-state index contributed by atoms with van der Waals surface area (Å²) >= 11 is 6.02. The first kappa shape index (κ1) is 25.3. The van der Waals surface area contributed by atoms with Gasteiger partial charge >= 0.3 is 5.97 Å². The zero-order valence-corrected chi connectivity index (χ0v) is 19.9. The summed E-state index contributed by atoms with van der Waals surface area (Å²) in [7, 11) is 2.96. The Labute approximate surface area is 201 Å². The van der Waals surface area contributed by atoms with E-state index in [1.807, 2.05) is 6.92 Å². The number of carbonyl (C=O) groups excluding carboxylic acids is 2. The molecule has 1 aliphatic heterocycles. The zero-order chi connectivity index (χ0) is 24.8. The molecule has 1 aromatic carbocycles. The van der Waals surface area contributed by atoms with Crippen LogP contribution in [0.4, 0.5) is 0 Å². The van der Waals surface area contributed by atoms with Crippen LogP contribution < -0.4 is 10.1 Å². The first-order valence-electron chi connectivity index (χ1n) is 10.7. The molecular formula is C23H27ClN4O6. The van der Waals surface area contributed by atoms with Gasteiger partial charge in [-0.3, -0.25) is 9.59 Å². The summed E-state index contributed by atoms with van der Waals surface area (Å²) in [6.07, 6.45) is 3.70. The molecule has 0 unspecified atom stereocenters. The van der Waals surface area contributed by atoms with E-state index in [-0.39, 0.29) is 34.4 Å². The van der Waals surface area contributed by atoms with Crippen molar-refractivity contribution in [1.82, 2.24) is 20.2 Å². The molecule has 1 aromatic heterocycles. The van der Waals surface area contributed by atoms with Gasteiger partial charge in [0.15, 0.2) is 11.0 Å². The van der Waals surface area contributed by atoms with Crippen molar-refractivity contribution in [3.63, 3.8) is 0 Å². The summed E-state index contributed by atoms with van der Waals surface area (Å²) in [6.45, 7) is 2.62. The maximum atomic E-state index is 12.8. The number of carbonyl (C=O) groups is 3. The average Bonchev–Trinajstić information content (AvgIpc) is 3.23. The number of aromatic carboxylic acids is 1. The van der Waals surface area contributed by atoms with Crippen molar-refractivity contribution in [3.05, 3.63) is 52.1 Å². The number of carboxylic acids is 1. The molecule has 11 heteroatoms. The van der Waals surface area contributed by atoms with Crippen LogP contribution in [0.15, 0.2) is 24.3 Å². The van der Waals surface area contributed by atoms with Crippen molar-refractivity contribution in [1.29, 1.82) is 0 Å². The third-order valence-corrected chi connectivity index (χ3v) is 5.99. The van der Waals surface area contributed by atoms with E-state index in [4.69, 9.17) is 26.2 Å². The van der Waals surface area contributed by atoms with Crippen LogP contribution in [0, 0.1) is 0 Å². The molecule has 0 radical (unpaired) electrons. The van der Waals surface area contributed by atoms with Crippen molar-refractivity contribution in [3.8, 4) is 5.75 Å². The van der Waals surface area contributed by atoms with Gasteiger partial charge in [-0.15, -0.1) is 0 Å². The molecule has 1 aliphatic rings. The van der Waals surface area contributed by atoms with Gasteiger partial charge < -0.3 is 29.8 Å². The third kappa shape index (κ3) is 5.75. The molecule has 0 spiro atoms. The van der Waals surface area contributed by atoms with Crippen molar-refractivity contribution >= 4 is 35.5 Å². The summed E-state index contributed by atoms with van der Waals surface area (Å²) in [6, 6.07) is 4.12. The maximum absolute atomic E-state index is 12.8. The number of benzene rings is 1. The number of piperidine rings is 1. The topological polar surface area (TPSA) is 134 Å². The second-order valence-electron chi connectivity index (χ2n) is 7.73. The number of ether oxygens (including phenoxy) is 2. The van der Waals surface area contributed by atoms with E-state index < -0.39 is 12.1 Å². The number of methoxy groups -OCH3 is 2. The van der Waals surface area contributed by atoms with Crippen LogP contribution in [0.25, 0.3) is 6.08 Å². The minimum atomic E-state index is -1.06. The Morgan fingerprint density at radius 1 is 1.35 bits per heavy atom. The number of halogens is 1. The van der Waals surface area contributed by atoms with Gasteiger partial charge in [-0.1, -0.05) is 24.6 Å². The highest BCUT2D eigenvalue weighted by molar-refractivity contribution is 6.30. The molecule has 0 aliphatic carbocycles. The molecule has 10 nitrogen and oxygen atoms in total. The monoisotopic (exact) mass is 490 g/mol.